The fourth-order valence-corrected chi connectivity index (χ4v) is 2.92. The van der Waals surface area contributed by atoms with Crippen molar-refractivity contribution < 1.29 is 9.21 Å². The van der Waals surface area contributed by atoms with E-state index in [4.69, 9.17) is 10.2 Å². The summed E-state index contributed by atoms with van der Waals surface area (Å²) in [5, 5.41) is 0.878. The molecule has 1 aliphatic heterocycles. The first-order chi connectivity index (χ1) is 9.22. The van der Waals surface area contributed by atoms with Crippen LogP contribution in [0.1, 0.15) is 23.7 Å². The molecule has 1 amide bonds. The van der Waals surface area contributed by atoms with Crippen LogP contribution in [-0.2, 0) is 0 Å². The van der Waals surface area contributed by atoms with E-state index in [1.54, 1.807) is 6.26 Å². The van der Waals surface area contributed by atoms with Crippen LogP contribution in [0.4, 0.5) is 0 Å². The highest BCUT2D eigenvalue weighted by molar-refractivity contribution is 6.06. The summed E-state index contributed by atoms with van der Waals surface area (Å²) in [6, 6.07) is 7.76. The van der Waals surface area contributed by atoms with Crippen LogP contribution >= 0.6 is 0 Å². The van der Waals surface area contributed by atoms with Gasteiger partial charge in [0.2, 0.25) is 0 Å². The average Bonchev–Trinajstić information content (AvgIpc) is 3.01. The monoisotopic (exact) mass is 258 g/mol. The molecular formula is C15H18N2O2. The summed E-state index contributed by atoms with van der Waals surface area (Å²) in [4.78, 5) is 14.5. The predicted molar refractivity (Wildman–Crippen MR) is 73.9 cm³/mol. The minimum absolute atomic E-state index is 0.0322. The average molecular weight is 258 g/mol. The lowest BCUT2D eigenvalue weighted by atomic mass is 10.0. The Hall–Kier alpha value is -1.81. The molecule has 4 nitrogen and oxygen atoms in total. The second-order valence-electron chi connectivity index (χ2n) is 5.21. The Kier molecular flexibility index (Phi) is 3.03. The molecule has 0 radical (unpaired) electrons. The fraction of sp³-hybridized carbons (Fsp3) is 0.400. The van der Waals surface area contributed by atoms with Gasteiger partial charge < -0.3 is 15.1 Å². The minimum atomic E-state index is 0.0322. The lowest BCUT2D eigenvalue weighted by Crippen LogP contribution is -2.42. The molecule has 19 heavy (non-hydrogen) atoms. The molecule has 2 N–H and O–H groups in total. The molecule has 1 saturated heterocycles. The summed E-state index contributed by atoms with van der Waals surface area (Å²) in [6.45, 7) is 3.45. The van der Waals surface area contributed by atoms with Crippen LogP contribution in [0.3, 0.4) is 0 Å². The van der Waals surface area contributed by atoms with Gasteiger partial charge in [0.25, 0.3) is 5.91 Å². The van der Waals surface area contributed by atoms with E-state index in [0.29, 0.717) is 18.0 Å². The number of likely N-dealkylation sites (tertiary alicyclic amines) is 1. The number of fused-ring (bicyclic) bond motifs is 1. The highest BCUT2D eigenvalue weighted by Gasteiger charge is 2.34. The van der Waals surface area contributed by atoms with Gasteiger partial charge in [-0.3, -0.25) is 4.79 Å². The number of amides is 1. The van der Waals surface area contributed by atoms with Crippen molar-refractivity contribution in [3.63, 3.8) is 0 Å². The highest BCUT2D eigenvalue weighted by atomic mass is 16.3. The number of carbonyl (C=O) groups excluding carboxylic acids is 1. The zero-order chi connectivity index (χ0) is 13.4. The summed E-state index contributed by atoms with van der Waals surface area (Å²) in [6.07, 6.45) is 2.58. The Bertz CT molecular complexity index is 605. The number of nitrogens with zero attached hydrogens (tertiary/aromatic N) is 1. The molecule has 1 aromatic carbocycles. The van der Waals surface area contributed by atoms with Crippen molar-refractivity contribution >= 4 is 16.9 Å². The number of nitrogens with two attached hydrogens (primary N) is 1. The van der Waals surface area contributed by atoms with Crippen molar-refractivity contribution in [2.45, 2.75) is 19.4 Å². The van der Waals surface area contributed by atoms with Gasteiger partial charge in [-0.2, -0.15) is 0 Å². The molecule has 0 aliphatic carbocycles. The molecule has 1 aliphatic rings. The van der Waals surface area contributed by atoms with Crippen LogP contribution in [0.2, 0.25) is 0 Å². The van der Waals surface area contributed by atoms with E-state index in [-0.39, 0.29) is 11.9 Å². The summed E-state index contributed by atoms with van der Waals surface area (Å²) in [7, 11) is 0. The largest absolute Gasteiger partial charge is 0.463 e. The molecule has 4 heteroatoms. The third-order valence-electron chi connectivity index (χ3n) is 4.10. The highest BCUT2D eigenvalue weighted by Crippen LogP contribution is 2.28. The second kappa shape index (κ2) is 4.70. The van der Waals surface area contributed by atoms with Gasteiger partial charge in [-0.15, -0.1) is 0 Å². The Labute approximate surface area is 112 Å². The number of hydrogen-bond donors (Lipinski definition) is 1. The number of furan rings is 1. The van der Waals surface area contributed by atoms with Crippen LogP contribution in [-0.4, -0.2) is 29.9 Å². The quantitative estimate of drug-likeness (QED) is 0.898. The molecule has 2 heterocycles. The van der Waals surface area contributed by atoms with E-state index in [1.165, 1.54) is 0 Å². The topological polar surface area (TPSA) is 59.5 Å². The number of para-hydroxylation sites is 1. The van der Waals surface area contributed by atoms with E-state index in [2.05, 4.69) is 6.92 Å². The lowest BCUT2D eigenvalue weighted by molar-refractivity contribution is 0.0728. The Morgan fingerprint density at radius 3 is 3.05 bits per heavy atom. The van der Waals surface area contributed by atoms with Gasteiger partial charge in [0, 0.05) is 24.5 Å². The zero-order valence-electron chi connectivity index (χ0n) is 11.0. The third kappa shape index (κ3) is 1.92. The third-order valence-corrected chi connectivity index (χ3v) is 4.10. The Balaban J connectivity index is 1.96. The maximum absolute atomic E-state index is 12.6. The van der Waals surface area contributed by atoms with Crippen molar-refractivity contribution in [2.75, 3.05) is 13.1 Å². The molecule has 2 atom stereocenters. The smallest absolute Gasteiger partial charge is 0.258 e. The molecule has 1 fully saturated rings. The van der Waals surface area contributed by atoms with Crippen molar-refractivity contribution in [1.82, 2.24) is 4.90 Å². The Morgan fingerprint density at radius 2 is 2.26 bits per heavy atom. The second-order valence-corrected chi connectivity index (χ2v) is 5.21. The van der Waals surface area contributed by atoms with E-state index >= 15 is 0 Å². The molecule has 2 aromatic rings. The number of carbonyl (C=O) groups is 1. The van der Waals surface area contributed by atoms with Gasteiger partial charge in [-0.05, 0) is 18.4 Å². The van der Waals surface area contributed by atoms with Crippen molar-refractivity contribution in [2.24, 2.45) is 11.7 Å². The maximum Gasteiger partial charge on any atom is 0.258 e. The van der Waals surface area contributed by atoms with Gasteiger partial charge in [0.05, 0.1) is 5.56 Å². The number of rotatable bonds is 2. The predicted octanol–water partition coefficient (Wildman–Crippen LogP) is 2.24. The van der Waals surface area contributed by atoms with Gasteiger partial charge in [-0.1, -0.05) is 25.1 Å². The molecule has 100 valence electrons. The minimum Gasteiger partial charge on any atom is -0.463 e. The number of benzene rings is 1. The van der Waals surface area contributed by atoms with Crippen LogP contribution in [0.15, 0.2) is 34.9 Å². The molecular weight excluding hydrogens is 240 g/mol. The molecule has 0 spiro atoms. The first-order valence-electron chi connectivity index (χ1n) is 6.69. The van der Waals surface area contributed by atoms with Gasteiger partial charge >= 0.3 is 0 Å². The summed E-state index contributed by atoms with van der Waals surface area (Å²) in [5.74, 6) is 0.497. The standard InChI is InChI=1S/C15H18N2O2/c1-10-6-7-17(13(10)8-16)15(18)12-9-19-14-5-3-2-4-11(12)14/h2-5,9-10,13H,6-8,16H2,1H3. The van der Waals surface area contributed by atoms with E-state index < -0.39 is 0 Å². The van der Waals surface area contributed by atoms with E-state index in [9.17, 15) is 4.79 Å². The number of hydrogen-bond acceptors (Lipinski definition) is 3. The van der Waals surface area contributed by atoms with Crippen LogP contribution in [0, 0.1) is 5.92 Å². The molecule has 0 bridgehead atoms. The SMILES string of the molecule is CC1CCN(C(=O)c2coc3ccccc23)C1CN. The Morgan fingerprint density at radius 1 is 1.47 bits per heavy atom. The van der Waals surface area contributed by atoms with Gasteiger partial charge in [0.15, 0.2) is 0 Å². The fourth-order valence-electron chi connectivity index (χ4n) is 2.92. The molecule has 2 unspecified atom stereocenters. The first-order valence-corrected chi connectivity index (χ1v) is 6.69. The molecule has 1 aromatic heterocycles. The van der Waals surface area contributed by atoms with Crippen molar-refractivity contribution in [3.8, 4) is 0 Å². The van der Waals surface area contributed by atoms with E-state index in [1.807, 2.05) is 29.2 Å². The van der Waals surface area contributed by atoms with E-state index in [0.717, 1.165) is 23.9 Å². The van der Waals surface area contributed by atoms with Crippen molar-refractivity contribution in [3.05, 3.63) is 36.1 Å². The van der Waals surface area contributed by atoms with Crippen molar-refractivity contribution in [1.29, 1.82) is 0 Å². The maximum atomic E-state index is 12.6. The summed E-state index contributed by atoms with van der Waals surface area (Å²) >= 11 is 0. The lowest BCUT2D eigenvalue weighted by Gasteiger charge is -2.25. The molecule has 3 rings (SSSR count). The first kappa shape index (κ1) is 12.2. The molecule has 0 saturated carbocycles. The summed E-state index contributed by atoms with van der Waals surface area (Å²) in [5.41, 5.74) is 7.20. The van der Waals surface area contributed by atoms with Crippen LogP contribution < -0.4 is 5.73 Å². The van der Waals surface area contributed by atoms with Crippen LogP contribution in [0.5, 0.6) is 0 Å². The normalized spacial score (nSPS) is 23.2. The van der Waals surface area contributed by atoms with Gasteiger partial charge in [-0.25, -0.2) is 0 Å². The van der Waals surface area contributed by atoms with Crippen LogP contribution in [0.25, 0.3) is 11.0 Å². The van der Waals surface area contributed by atoms with Gasteiger partial charge in [0.1, 0.15) is 11.8 Å². The summed E-state index contributed by atoms with van der Waals surface area (Å²) < 4.78 is 5.45. The zero-order valence-corrected chi connectivity index (χ0v) is 11.0.